The maximum absolute atomic E-state index is 13.9. The van der Waals surface area contributed by atoms with Crippen molar-refractivity contribution < 1.29 is 22.7 Å². The molecule has 4 N–H and O–H groups in total. The molecule has 2 rings (SSSR count). The molecule has 0 fully saturated rings. The Hall–Kier alpha value is -2.09. The lowest BCUT2D eigenvalue weighted by atomic mass is 9.89. The van der Waals surface area contributed by atoms with Crippen molar-refractivity contribution in [3.63, 3.8) is 0 Å². The molecule has 1 amide bonds. The van der Waals surface area contributed by atoms with Crippen LogP contribution in [0.1, 0.15) is 15.9 Å². The van der Waals surface area contributed by atoms with Crippen LogP contribution < -0.4 is 11.5 Å². The second-order valence-corrected chi connectivity index (χ2v) is 4.38. The van der Waals surface area contributed by atoms with Gasteiger partial charge in [-0.05, 0) is 18.2 Å². The maximum atomic E-state index is 13.9. The molecule has 1 aliphatic heterocycles. The van der Waals surface area contributed by atoms with Crippen LogP contribution in [0.3, 0.4) is 0 Å². The van der Waals surface area contributed by atoms with Gasteiger partial charge in [-0.1, -0.05) is 0 Å². The highest BCUT2D eigenvalue weighted by Gasteiger charge is 2.46. The summed E-state index contributed by atoms with van der Waals surface area (Å²) >= 11 is 0. The van der Waals surface area contributed by atoms with Crippen molar-refractivity contribution in [2.45, 2.75) is 12.0 Å². The Bertz CT molecular complexity index is 577. The van der Waals surface area contributed by atoms with E-state index < -0.39 is 35.9 Å². The summed E-state index contributed by atoms with van der Waals surface area (Å²) in [5.41, 5.74) is 7.65. The van der Waals surface area contributed by atoms with Gasteiger partial charge in [0.15, 0.2) is 5.54 Å². The lowest BCUT2D eigenvalue weighted by Crippen LogP contribution is -2.45. The van der Waals surface area contributed by atoms with E-state index in [-0.39, 0.29) is 18.0 Å². The molecule has 108 valence electrons. The average Bonchev–Trinajstić information content (AvgIpc) is 2.38. The van der Waals surface area contributed by atoms with Crippen LogP contribution in [0.25, 0.3) is 0 Å². The van der Waals surface area contributed by atoms with Gasteiger partial charge in [0.1, 0.15) is 18.3 Å². The lowest BCUT2D eigenvalue weighted by molar-refractivity contribution is -0.0146. The van der Waals surface area contributed by atoms with Crippen LogP contribution in [-0.2, 0) is 10.3 Å². The number of amidine groups is 1. The summed E-state index contributed by atoms with van der Waals surface area (Å²) in [6, 6.07) is 2.95. The zero-order valence-corrected chi connectivity index (χ0v) is 10.3. The first-order chi connectivity index (χ1) is 9.36. The lowest BCUT2D eigenvalue weighted by Gasteiger charge is -2.33. The van der Waals surface area contributed by atoms with Crippen molar-refractivity contribution in [3.8, 4) is 0 Å². The maximum Gasteiger partial charge on any atom is 0.269 e. The smallest absolute Gasteiger partial charge is 0.269 e. The molecule has 0 saturated heterocycles. The quantitative estimate of drug-likeness (QED) is 0.860. The first kappa shape index (κ1) is 14.3. The van der Waals surface area contributed by atoms with E-state index in [1.165, 1.54) is 0 Å². The number of amides is 1. The number of ether oxygens (including phenoxy) is 1. The zero-order chi connectivity index (χ0) is 14.9. The Morgan fingerprint density at radius 3 is 2.70 bits per heavy atom. The second-order valence-electron chi connectivity index (χ2n) is 4.38. The fraction of sp³-hybridized carbons (Fsp3) is 0.333. The van der Waals surface area contributed by atoms with Crippen molar-refractivity contribution in [3.05, 3.63) is 35.1 Å². The minimum atomic E-state index is -3.06. The minimum absolute atomic E-state index is 0.0965. The van der Waals surface area contributed by atoms with Crippen LogP contribution in [0.2, 0.25) is 0 Å². The number of primary amides is 1. The second kappa shape index (κ2) is 5.12. The normalized spacial score (nSPS) is 22.7. The number of halogens is 3. The monoisotopic (exact) mass is 287 g/mol. The third kappa shape index (κ3) is 2.34. The Labute approximate surface area is 112 Å². The average molecular weight is 287 g/mol. The molecule has 1 aliphatic rings. The molecule has 1 atom stereocenters. The van der Waals surface area contributed by atoms with E-state index in [2.05, 4.69) is 4.99 Å². The van der Waals surface area contributed by atoms with Crippen molar-refractivity contribution in [1.82, 2.24) is 0 Å². The number of hydrogen-bond acceptors (Lipinski definition) is 4. The van der Waals surface area contributed by atoms with E-state index in [9.17, 15) is 18.0 Å². The molecule has 8 heteroatoms. The van der Waals surface area contributed by atoms with E-state index in [0.717, 1.165) is 18.2 Å². The highest BCUT2D eigenvalue weighted by Crippen LogP contribution is 2.37. The third-order valence-electron chi connectivity index (χ3n) is 2.99. The molecule has 1 aromatic rings. The Balaban J connectivity index is 2.64. The molecule has 5 nitrogen and oxygen atoms in total. The SMILES string of the molecule is NC(=O)c1ccc(F)c([C@]2(C(F)F)COCC(N)=N2)c1. The van der Waals surface area contributed by atoms with Crippen LogP contribution >= 0.6 is 0 Å². The number of alkyl halides is 2. The number of carbonyl (C=O) groups is 1. The van der Waals surface area contributed by atoms with Crippen LogP contribution in [0.5, 0.6) is 0 Å². The number of carbonyl (C=O) groups excluding carboxylic acids is 1. The molecule has 20 heavy (non-hydrogen) atoms. The van der Waals surface area contributed by atoms with E-state index >= 15 is 0 Å². The van der Waals surface area contributed by atoms with Crippen LogP contribution in [0, 0.1) is 5.82 Å². The van der Waals surface area contributed by atoms with Gasteiger partial charge < -0.3 is 16.2 Å². The molecule has 0 aliphatic carbocycles. The predicted octanol–water partition coefficient (Wildman–Crippen LogP) is 0.772. The molecule has 0 aromatic heterocycles. The fourth-order valence-corrected chi connectivity index (χ4v) is 2.01. The molecule has 0 radical (unpaired) electrons. The van der Waals surface area contributed by atoms with Gasteiger partial charge in [0.2, 0.25) is 5.91 Å². The molecule has 1 aromatic carbocycles. The first-order valence-electron chi connectivity index (χ1n) is 5.67. The summed E-state index contributed by atoms with van der Waals surface area (Å²) in [5.74, 6) is -1.96. The van der Waals surface area contributed by atoms with Crippen molar-refractivity contribution >= 4 is 11.7 Å². The van der Waals surface area contributed by atoms with Crippen molar-refractivity contribution in [1.29, 1.82) is 0 Å². The largest absolute Gasteiger partial charge is 0.385 e. The predicted molar refractivity (Wildman–Crippen MR) is 65.0 cm³/mol. The van der Waals surface area contributed by atoms with Gasteiger partial charge in [-0.2, -0.15) is 0 Å². The molecular weight excluding hydrogens is 275 g/mol. The minimum Gasteiger partial charge on any atom is -0.385 e. The summed E-state index contributed by atoms with van der Waals surface area (Å²) in [5, 5.41) is 0. The standard InChI is InChI=1S/C12H12F3N3O2/c13-8-2-1-6(10(17)19)3-7(8)12(11(14)15)5-20-4-9(16)18-12/h1-3,11H,4-5H2,(H2,16,18)(H2,17,19)/t12-/m0/s1. The third-order valence-corrected chi connectivity index (χ3v) is 2.99. The number of aliphatic imine (C=N–C) groups is 1. The molecule has 0 spiro atoms. The van der Waals surface area contributed by atoms with E-state index in [1.54, 1.807) is 0 Å². The van der Waals surface area contributed by atoms with Gasteiger partial charge in [0, 0.05) is 11.1 Å². The van der Waals surface area contributed by atoms with Crippen molar-refractivity contribution in [2.75, 3.05) is 13.2 Å². The molecule has 0 bridgehead atoms. The molecule has 0 saturated carbocycles. The van der Waals surface area contributed by atoms with Crippen LogP contribution in [0.4, 0.5) is 13.2 Å². The van der Waals surface area contributed by atoms with Gasteiger partial charge in [-0.3, -0.25) is 9.79 Å². The molecular formula is C12H12F3N3O2. The van der Waals surface area contributed by atoms with Gasteiger partial charge in [-0.15, -0.1) is 0 Å². The number of nitrogens with zero attached hydrogens (tertiary/aromatic N) is 1. The summed E-state index contributed by atoms with van der Waals surface area (Å²) in [4.78, 5) is 14.8. The number of benzene rings is 1. The van der Waals surface area contributed by atoms with Crippen LogP contribution in [0.15, 0.2) is 23.2 Å². The van der Waals surface area contributed by atoms with Gasteiger partial charge in [0.05, 0.1) is 6.61 Å². The van der Waals surface area contributed by atoms with E-state index in [0.29, 0.717) is 0 Å². The van der Waals surface area contributed by atoms with Gasteiger partial charge in [0.25, 0.3) is 6.43 Å². The fourth-order valence-electron chi connectivity index (χ4n) is 2.01. The summed E-state index contributed by atoms with van der Waals surface area (Å²) in [6.07, 6.45) is -3.06. The highest BCUT2D eigenvalue weighted by atomic mass is 19.3. The topological polar surface area (TPSA) is 90.7 Å². The summed E-state index contributed by atoms with van der Waals surface area (Å²) < 4.78 is 45.7. The zero-order valence-electron chi connectivity index (χ0n) is 10.3. The summed E-state index contributed by atoms with van der Waals surface area (Å²) in [7, 11) is 0. The number of nitrogens with two attached hydrogens (primary N) is 2. The number of hydrogen-bond donors (Lipinski definition) is 2. The van der Waals surface area contributed by atoms with Gasteiger partial charge in [-0.25, -0.2) is 13.2 Å². The number of rotatable bonds is 3. The van der Waals surface area contributed by atoms with Crippen molar-refractivity contribution in [2.24, 2.45) is 16.5 Å². The summed E-state index contributed by atoms with van der Waals surface area (Å²) in [6.45, 7) is -0.643. The van der Waals surface area contributed by atoms with Crippen LogP contribution in [-0.4, -0.2) is 31.4 Å². The van der Waals surface area contributed by atoms with Gasteiger partial charge >= 0.3 is 0 Å². The highest BCUT2D eigenvalue weighted by molar-refractivity contribution is 5.93. The Morgan fingerprint density at radius 1 is 1.45 bits per heavy atom. The van der Waals surface area contributed by atoms with E-state index in [4.69, 9.17) is 16.2 Å². The first-order valence-corrected chi connectivity index (χ1v) is 5.67. The Morgan fingerprint density at radius 2 is 2.15 bits per heavy atom. The molecule has 0 unspecified atom stereocenters. The Kier molecular flexibility index (Phi) is 3.67. The van der Waals surface area contributed by atoms with E-state index in [1.807, 2.05) is 0 Å². The molecule has 1 heterocycles.